The van der Waals surface area contributed by atoms with E-state index in [9.17, 15) is 4.79 Å². The third kappa shape index (κ3) is 2.42. The second-order valence-electron chi connectivity index (χ2n) is 4.07. The third-order valence-corrected chi connectivity index (χ3v) is 6.38. The van der Waals surface area contributed by atoms with Gasteiger partial charge in [-0.2, -0.15) is 0 Å². The van der Waals surface area contributed by atoms with Crippen LogP contribution in [0.2, 0.25) is 0 Å². The van der Waals surface area contributed by atoms with E-state index in [0.717, 1.165) is 0 Å². The molecule has 1 nitrogen and oxygen atoms in total. The van der Waals surface area contributed by atoms with Gasteiger partial charge < -0.3 is 0 Å². The summed E-state index contributed by atoms with van der Waals surface area (Å²) in [6.45, 7) is 3.95. The van der Waals surface area contributed by atoms with Gasteiger partial charge in [-0.3, -0.25) is 4.79 Å². The summed E-state index contributed by atoms with van der Waals surface area (Å²) in [5.41, 5.74) is -0.143. The Kier molecular flexibility index (Phi) is 3.94. The molecule has 0 radical (unpaired) electrons. The highest BCUT2D eigenvalue weighted by molar-refractivity contribution is 9.13. The first kappa shape index (κ1) is 13.6. The van der Waals surface area contributed by atoms with E-state index in [1.165, 1.54) is 0 Å². The molecule has 0 saturated heterocycles. The van der Waals surface area contributed by atoms with Gasteiger partial charge in [0.2, 0.25) is 5.24 Å². The van der Waals surface area contributed by atoms with Crippen molar-refractivity contribution in [2.75, 3.05) is 0 Å². The van der Waals surface area contributed by atoms with Crippen LogP contribution in [-0.2, 0) is 4.79 Å². The Balaban J connectivity index is 2.79. The highest BCUT2D eigenvalue weighted by Gasteiger charge is 2.66. The van der Waals surface area contributed by atoms with Crippen LogP contribution in [0.15, 0.2) is 0 Å². The smallest absolute Gasteiger partial charge is 0.225 e. The van der Waals surface area contributed by atoms with E-state index in [2.05, 4.69) is 31.9 Å². The summed E-state index contributed by atoms with van der Waals surface area (Å²) in [4.78, 5) is 10.9. The number of halogens is 5. The molecule has 0 heterocycles. The Morgan fingerprint density at radius 1 is 1.50 bits per heavy atom. The Morgan fingerprint density at radius 3 is 2.14 bits per heavy atom. The van der Waals surface area contributed by atoms with Crippen molar-refractivity contribution in [1.82, 2.24) is 0 Å². The lowest BCUT2D eigenvalue weighted by molar-refractivity contribution is -0.113. The van der Waals surface area contributed by atoms with Crippen LogP contribution in [-0.4, -0.2) is 13.3 Å². The molecule has 0 bridgehead atoms. The number of hydrogen-bond acceptors (Lipinski definition) is 1. The van der Waals surface area contributed by atoms with Crippen LogP contribution in [0.3, 0.4) is 0 Å². The minimum Gasteiger partial charge on any atom is -0.281 e. The minimum absolute atomic E-state index is 0.0573. The van der Waals surface area contributed by atoms with Crippen molar-refractivity contribution in [3.05, 3.63) is 0 Å². The predicted molar refractivity (Wildman–Crippen MR) is 67.7 cm³/mol. The summed E-state index contributed by atoms with van der Waals surface area (Å²) in [6, 6.07) is 0. The molecular formula is C8H9Br2Cl3O. The summed E-state index contributed by atoms with van der Waals surface area (Å²) >= 11 is 23.8. The SMILES string of the molecule is CC1(C)[C@H](C(=O)Cl)[C@H]1C(Br)C(Cl)(Cl)Br. The van der Waals surface area contributed by atoms with Gasteiger partial charge >= 0.3 is 0 Å². The van der Waals surface area contributed by atoms with Gasteiger partial charge in [0.15, 0.2) is 3.24 Å². The van der Waals surface area contributed by atoms with E-state index in [0.29, 0.717) is 0 Å². The van der Waals surface area contributed by atoms with Crippen LogP contribution in [0, 0.1) is 17.3 Å². The molecule has 0 spiro atoms. The van der Waals surface area contributed by atoms with Crippen molar-refractivity contribution in [2.45, 2.75) is 21.9 Å². The van der Waals surface area contributed by atoms with Crippen molar-refractivity contribution < 1.29 is 4.79 Å². The zero-order chi connectivity index (χ0) is 11.3. The first-order valence-corrected chi connectivity index (χ1v) is 6.84. The monoisotopic (exact) mass is 384 g/mol. The summed E-state index contributed by atoms with van der Waals surface area (Å²) in [6.07, 6.45) is 0. The maximum Gasteiger partial charge on any atom is 0.225 e. The van der Waals surface area contributed by atoms with Crippen LogP contribution in [0.25, 0.3) is 0 Å². The van der Waals surface area contributed by atoms with E-state index >= 15 is 0 Å². The number of alkyl halides is 4. The average molecular weight is 387 g/mol. The van der Waals surface area contributed by atoms with Crippen molar-refractivity contribution in [2.24, 2.45) is 17.3 Å². The fourth-order valence-corrected chi connectivity index (χ4v) is 3.82. The predicted octanol–water partition coefficient (Wildman–Crippen LogP) is 4.31. The Labute approximate surface area is 115 Å². The zero-order valence-electron chi connectivity index (χ0n) is 7.53. The van der Waals surface area contributed by atoms with Crippen LogP contribution >= 0.6 is 66.7 Å². The molecule has 1 aliphatic rings. The number of rotatable bonds is 3. The van der Waals surface area contributed by atoms with Gasteiger partial charge in [0.25, 0.3) is 0 Å². The van der Waals surface area contributed by atoms with Crippen molar-refractivity contribution in [1.29, 1.82) is 0 Å². The summed E-state index contributed by atoms with van der Waals surface area (Å²) < 4.78 is -1.07. The lowest BCUT2D eigenvalue weighted by Gasteiger charge is -2.19. The summed E-state index contributed by atoms with van der Waals surface area (Å²) in [7, 11) is 0. The van der Waals surface area contributed by atoms with E-state index in [1.54, 1.807) is 0 Å². The van der Waals surface area contributed by atoms with E-state index < -0.39 is 3.24 Å². The number of hydrogen-bond donors (Lipinski definition) is 0. The molecule has 0 aliphatic heterocycles. The molecule has 82 valence electrons. The van der Waals surface area contributed by atoms with Gasteiger partial charge in [-0.1, -0.05) is 53.0 Å². The first-order chi connectivity index (χ1) is 6.10. The molecule has 3 atom stereocenters. The lowest BCUT2D eigenvalue weighted by atomic mass is 10.1. The molecule has 0 aromatic carbocycles. The maximum atomic E-state index is 11.1. The standard InChI is InChI=1S/C8H9Br2Cl3O/c1-7(2)3(4(7)6(11)14)5(9)8(10,12)13/h3-5H,1-2H3/t3-,4-,5?/m0/s1. The van der Waals surface area contributed by atoms with Gasteiger partial charge in [-0.15, -0.1) is 0 Å². The molecule has 1 fully saturated rings. The first-order valence-electron chi connectivity index (χ1n) is 4.00. The number of carbonyl (C=O) groups is 1. The topological polar surface area (TPSA) is 17.1 Å². The van der Waals surface area contributed by atoms with Gasteiger partial charge in [0, 0.05) is 5.92 Å². The van der Waals surface area contributed by atoms with E-state index in [4.69, 9.17) is 34.8 Å². The van der Waals surface area contributed by atoms with Gasteiger partial charge in [-0.25, -0.2) is 0 Å². The van der Waals surface area contributed by atoms with Gasteiger partial charge in [0.05, 0.1) is 4.83 Å². The fraction of sp³-hybridized carbons (Fsp3) is 0.875. The van der Waals surface area contributed by atoms with E-state index in [-0.39, 0.29) is 27.3 Å². The fourth-order valence-electron chi connectivity index (χ4n) is 1.86. The van der Waals surface area contributed by atoms with Gasteiger partial charge in [0.1, 0.15) is 0 Å². The molecule has 1 aliphatic carbocycles. The third-order valence-electron chi connectivity index (χ3n) is 2.78. The minimum atomic E-state index is -1.07. The average Bonchev–Trinajstić information content (AvgIpc) is 2.49. The molecule has 0 aromatic heterocycles. The Morgan fingerprint density at radius 2 is 1.93 bits per heavy atom. The van der Waals surface area contributed by atoms with Crippen LogP contribution in [0.5, 0.6) is 0 Å². The van der Waals surface area contributed by atoms with Crippen LogP contribution < -0.4 is 0 Å². The summed E-state index contributed by atoms with van der Waals surface area (Å²) in [5, 5.41) is -0.325. The highest BCUT2D eigenvalue weighted by atomic mass is 79.9. The second kappa shape index (κ2) is 4.06. The molecule has 0 amide bonds. The highest BCUT2D eigenvalue weighted by Crippen LogP contribution is 2.65. The summed E-state index contributed by atoms with van der Waals surface area (Å²) in [5.74, 6) is -0.121. The largest absolute Gasteiger partial charge is 0.281 e. The zero-order valence-corrected chi connectivity index (χ0v) is 13.0. The van der Waals surface area contributed by atoms with Crippen molar-refractivity contribution in [3.63, 3.8) is 0 Å². The second-order valence-corrected chi connectivity index (χ2v) is 8.98. The van der Waals surface area contributed by atoms with E-state index in [1.807, 2.05) is 13.8 Å². The quantitative estimate of drug-likeness (QED) is 0.521. The molecule has 1 saturated carbocycles. The molecule has 0 N–H and O–H groups in total. The Bertz CT molecular complexity index is 262. The lowest BCUT2D eigenvalue weighted by Crippen LogP contribution is -2.23. The molecule has 0 aromatic rings. The van der Waals surface area contributed by atoms with Crippen molar-refractivity contribution in [3.8, 4) is 0 Å². The van der Waals surface area contributed by atoms with Crippen molar-refractivity contribution >= 4 is 71.9 Å². The van der Waals surface area contributed by atoms with Crippen LogP contribution in [0.1, 0.15) is 13.8 Å². The molecule has 1 rings (SSSR count). The van der Waals surface area contributed by atoms with Crippen LogP contribution in [0.4, 0.5) is 0 Å². The normalized spacial score (nSPS) is 32.5. The molecule has 14 heavy (non-hydrogen) atoms. The molecular weight excluding hydrogens is 378 g/mol. The van der Waals surface area contributed by atoms with Gasteiger partial charge in [-0.05, 0) is 38.9 Å². The molecule has 1 unspecified atom stereocenters. The Hall–Kier alpha value is 1.50. The maximum absolute atomic E-state index is 11.1. The number of carbonyl (C=O) groups excluding carboxylic acids is 1. The molecule has 6 heteroatoms.